The van der Waals surface area contributed by atoms with Crippen molar-refractivity contribution in [1.29, 1.82) is 0 Å². The van der Waals surface area contributed by atoms with E-state index in [2.05, 4.69) is 335 Å². The van der Waals surface area contributed by atoms with E-state index in [1.807, 2.05) is 0 Å². The lowest BCUT2D eigenvalue weighted by molar-refractivity contribution is 1.15. The molecular weight excluding hydrogens is 993 g/mol. The Bertz CT molecular complexity index is 4570. The van der Waals surface area contributed by atoms with Crippen molar-refractivity contribution in [1.82, 2.24) is 18.3 Å². The Morgan fingerprint density at radius 1 is 0.171 bits per heavy atom. The second-order valence-electron chi connectivity index (χ2n) is 21.6. The molecule has 21 rings (SSSR count). The number of hydrogen-bond acceptors (Lipinski definition) is 0. The zero-order valence-corrected chi connectivity index (χ0v) is 45.7. The second-order valence-corrected chi connectivity index (χ2v) is 21.6. The molecule has 0 aliphatic rings. The first-order valence-electron chi connectivity index (χ1n) is 28.2. The van der Waals surface area contributed by atoms with Gasteiger partial charge in [-0.1, -0.05) is 194 Å². The molecule has 0 N–H and O–H groups in total. The molecule has 82 heavy (non-hydrogen) atoms. The molecule has 0 spiro atoms. The van der Waals surface area contributed by atoms with Crippen LogP contribution in [0.3, 0.4) is 0 Å². The topological polar surface area (TPSA) is 19.7 Å². The minimum atomic E-state index is 1.07. The van der Waals surface area contributed by atoms with Gasteiger partial charge in [0.05, 0.1) is 22.7 Å². The van der Waals surface area contributed by atoms with Gasteiger partial charge in [-0.2, -0.15) is 0 Å². The van der Waals surface area contributed by atoms with E-state index in [1.54, 1.807) is 0 Å². The third kappa shape index (κ3) is 8.66. The average molecular weight is 1050 g/mol. The van der Waals surface area contributed by atoms with Crippen molar-refractivity contribution in [3.8, 4) is 22.7 Å². The summed E-state index contributed by atoms with van der Waals surface area (Å²) in [5.41, 5.74) is 15.3. The van der Waals surface area contributed by atoms with Gasteiger partial charge in [0.15, 0.2) is 0 Å². The van der Waals surface area contributed by atoms with Crippen LogP contribution in [-0.2, 0) is 0 Å². The molecule has 7 aromatic heterocycles. The third-order valence-electron chi connectivity index (χ3n) is 16.3. The predicted molar refractivity (Wildman–Crippen MR) is 350 cm³/mol. The van der Waals surface area contributed by atoms with Crippen LogP contribution in [0.4, 0.5) is 0 Å². The lowest BCUT2D eigenvalue weighted by atomic mass is 10.1. The maximum Gasteiger partial charge on any atom is 0.0540 e. The molecule has 388 valence electrons. The summed E-state index contributed by atoms with van der Waals surface area (Å²) in [6.07, 6.45) is 0. The van der Waals surface area contributed by atoms with Crippen LogP contribution in [0, 0.1) is 13.8 Å². The third-order valence-corrected chi connectivity index (χ3v) is 16.3. The van der Waals surface area contributed by atoms with E-state index in [9.17, 15) is 0 Å². The van der Waals surface area contributed by atoms with Crippen molar-refractivity contribution >= 4 is 109 Å². The van der Waals surface area contributed by atoms with E-state index >= 15 is 0 Å². The minimum absolute atomic E-state index is 1.07. The molecule has 12 bridgehead atoms. The predicted octanol–water partition coefficient (Wildman–Crippen LogP) is 20.9. The number of rotatable bonds is 4. The summed E-state index contributed by atoms with van der Waals surface area (Å²) >= 11 is 0. The monoisotopic (exact) mass is 1050 g/mol. The van der Waals surface area contributed by atoms with Crippen LogP contribution in [0.15, 0.2) is 303 Å². The lowest BCUT2D eigenvalue weighted by Gasteiger charge is -2.18. The number of aromatic nitrogens is 4. The van der Waals surface area contributed by atoms with Gasteiger partial charge >= 0.3 is 0 Å². The fourth-order valence-electron chi connectivity index (χ4n) is 12.5. The Kier molecular flexibility index (Phi) is 11.9. The SMILES string of the molecule is Cc1cc2cc(c1)n(-c1cccc3ccccc13)c1ccc(cc1)c1ccc(cc1)n(-c1cccc3ccccc13)c1cc(C)cc(c1)n(-c1cccc3ccccc13)c1ccc(cc1)c1ccc(cc1)n2-c1cccc2ccccc12. The van der Waals surface area contributed by atoms with E-state index < -0.39 is 0 Å². The van der Waals surface area contributed by atoms with E-state index in [0.29, 0.717) is 0 Å². The van der Waals surface area contributed by atoms with Gasteiger partial charge in [0.2, 0.25) is 0 Å². The zero-order valence-electron chi connectivity index (χ0n) is 45.7. The standard InChI is InChI=1S/C78H56N4/c1-53-47-67-51-68(48-53)80(76-28-12-20-60-16-4-8-24-72(60)76)64-41-33-56(34-42-64)58-37-45-66(46-38-58)82(78-30-14-22-62-18-6-10-26-74(62)78)70-50-54(2)49-69(52-70)81(77-29-13-21-61-17-5-9-25-73(61)77)65-43-35-57(36-44-65)55-31-39-63(40-32-55)79(67)75-27-11-19-59-15-3-7-23-71(59)75/h3-52H,1-2H3. The van der Waals surface area contributed by atoms with Crippen molar-refractivity contribution in [2.75, 3.05) is 0 Å². The van der Waals surface area contributed by atoms with Gasteiger partial charge in [-0.05, 0) is 177 Å². The smallest absolute Gasteiger partial charge is 0.0540 e. The van der Waals surface area contributed by atoms with Gasteiger partial charge in [-0.25, -0.2) is 0 Å². The summed E-state index contributed by atoms with van der Waals surface area (Å²) in [4.78, 5) is 0. The normalized spacial score (nSPS) is 11.5. The van der Waals surface area contributed by atoms with Gasteiger partial charge in [-0.3, -0.25) is 0 Å². The molecule has 0 unspecified atom stereocenters. The minimum Gasteiger partial charge on any atom is -0.310 e. The van der Waals surface area contributed by atoms with Crippen LogP contribution in [0.1, 0.15) is 11.1 Å². The van der Waals surface area contributed by atoms with Gasteiger partial charge in [0.25, 0.3) is 0 Å². The molecule has 0 fully saturated rings. The molecule has 0 saturated heterocycles. The fraction of sp³-hybridized carbons (Fsp3) is 0.0256. The van der Waals surface area contributed by atoms with E-state index in [0.717, 1.165) is 99.6 Å². The van der Waals surface area contributed by atoms with Crippen LogP contribution >= 0.6 is 0 Å². The van der Waals surface area contributed by atoms with E-state index in [1.165, 1.54) is 43.1 Å². The highest BCUT2D eigenvalue weighted by Gasteiger charge is 2.13. The molecule has 0 amide bonds. The largest absolute Gasteiger partial charge is 0.310 e. The quantitative estimate of drug-likeness (QED) is 0.167. The van der Waals surface area contributed by atoms with Gasteiger partial charge < -0.3 is 18.3 Å². The van der Waals surface area contributed by atoms with Crippen molar-refractivity contribution < 1.29 is 0 Å². The number of nitrogens with zero attached hydrogens (tertiary/aromatic N) is 4. The molecule has 21 aromatic rings. The maximum atomic E-state index is 2.43. The zero-order chi connectivity index (χ0) is 54.7. The number of aryl methyl sites for hydroxylation is 2. The number of benzene rings is 14. The van der Waals surface area contributed by atoms with Crippen LogP contribution in [0.5, 0.6) is 0 Å². The fourth-order valence-corrected chi connectivity index (χ4v) is 12.5. The highest BCUT2D eigenvalue weighted by atomic mass is 15.0. The summed E-state index contributed by atoms with van der Waals surface area (Å²) in [6.45, 7) is 4.43. The first-order chi connectivity index (χ1) is 40.5. The van der Waals surface area contributed by atoms with Crippen LogP contribution in [0.25, 0.3) is 132 Å². The van der Waals surface area contributed by atoms with Gasteiger partial charge in [-0.15, -0.1) is 0 Å². The summed E-state index contributed by atoms with van der Waals surface area (Å²) in [5.74, 6) is 0. The van der Waals surface area contributed by atoms with Crippen molar-refractivity contribution in [3.05, 3.63) is 314 Å². The second kappa shape index (κ2) is 20.2. The van der Waals surface area contributed by atoms with Gasteiger partial charge in [0.1, 0.15) is 0 Å². The highest BCUT2D eigenvalue weighted by Crippen LogP contribution is 2.34. The van der Waals surface area contributed by atoms with Crippen molar-refractivity contribution in [2.45, 2.75) is 13.8 Å². The highest BCUT2D eigenvalue weighted by molar-refractivity contribution is 5.97. The maximum absolute atomic E-state index is 2.43. The van der Waals surface area contributed by atoms with Crippen molar-refractivity contribution in [2.24, 2.45) is 0 Å². The molecule has 4 heteroatoms. The molecular formula is C78H56N4. The molecule has 0 saturated carbocycles. The summed E-state index contributed by atoms with van der Waals surface area (Å²) < 4.78 is 9.74. The first kappa shape index (κ1) is 48.4. The van der Waals surface area contributed by atoms with Crippen LogP contribution < -0.4 is 0 Å². The van der Waals surface area contributed by atoms with Crippen LogP contribution in [0.2, 0.25) is 0 Å². The molecule has 7 heterocycles. The van der Waals surface area contributed by atoms with Crippen LogP contribution in [-0.4, -0.2) is 18.3 Å². The van der Waals surface area contributed by atoms with Gasteiger partial charge in [0, 0.05) is 65.7 Å². The summed E-state index contributed by atoms with van der Waals surface area (Å²) in [5, 5.41) is 14.0. The molecule has 0 aliphatic carbocycles. The van der Waals surface area contributed by atoms with E-state index in [4.69, 9.17) is 0 Å². The van der Waals surface area contributed by atoms with E-state index in [-0.39, 0.29) is 0 Å². The average Bonchev–Trinajstić information content (AvgIpc) is 3.70. The number of fused-ring (bicyclic) bond motifs is 4. The molecule has 0 aliphatic heterocycles. The lowest BCUT2D eigenvalue weighted by Crippen LogP contribution is -2.01. The Morgan fingerprint density at radius 2 is 0.378 bits per heavy atom. The molecule has 14 aromatic carbocycles. The molecule has 0 radical (unpaired) electrons. The summed E-state index contributed by atoms with van der Waals surface area (Å²) in [6, 6.07) is 112. The molecule has 4 nitrogen and oxygen atoms in total. The first-order valence-corrected chi connectivity index (χ1v) is 28.2. The number of hydrogen-bond donors (Lipinski definition) is 0. The summed E-state index contributed by atoms with van der Waals surface area (Å²) in [7, 11) is 0. The Morgan fingerprint density at radius 3 is 0.610 bits per heavy atom. The Labute approximate surface area is 475 Å². The Hall–Kier alpha value is -10.7. The Balaban J connectivity index is 1.09. The van der Waals surface area contributed by atoms with Crippen molar-refractivity contribution in [3.63, 3.8) is 0 Å². The molecule has 0 atom stereocenters.